The largest absolute Gasteiger partial charge is 0.336 e. The van der Waals surface area contributed by atoms with Crippen molar-refractivity contribution in [3.63, 3.8) is 0 Å². The van der Waals surface area contributed by atoms with Crippen LogP contribution in [-0.2, 0) is 9.59 Å². The molecule has 2 saturated heterocycles. The number of carbonyl (C=O) groups is 3. The first-order valence-corrected chi connectivity index (χ1v) is 11.2. The van der Waals surface area contributed by atoms with Crippen molar-refractivity contribution in [2.45, 2.75) is 26.7 Å². The highest BCUT2D eigenvalue weighted by Gasteiger charge is 2.26. The molecule has 7 nitrogen and oxygen atoms in total. The summed E-state index contributed by atoms with van der Waals surface area (Å²) in [6.45, 7) is 7.43. The van der Waals surface area contributed by atoms with E-state index in [-0.39, 0.29) is 17.7 Å². The van der Waals surface area contributed by atoms with Gasteiger partial charge in [-0.1, -0.05) is 24.3 Å². The van der Waals surface area contributed by atoms with E-state index in [0.29, 0.717) is 51.3 Å². The number of anilines is 2. The number of rotatable bonds is 5. The minimum absolute atomic E-state index is 0.0295. The lowest BCUT2D eigenvalue weighted by molar-refractivity contribution is -0.118. The zero-order valence-corrected chi connectivity index (χ0v) is 18.8. The van der Waals surface area contributed by atoms with Crippen LogP contribution in [0, 0.1) is 13.8 Å². The van der Waals surface area contributed by atoms with Crippen LogP contribution in [-0.4, -0.2) is 66.8 Å². The van der Waals surface area contributed by atoms with Gasteiger partial charge in [0.2, 0.25) is 11.8 Å². The van der Waals surface area contributed by atoms with Gasteiger partial charge in [-0.25, -0.2) is 0 Å². The third kappa shape index (κ3) is 4.83. The predicted molar refractivity (Wildman–Crippen MR) is 125 cm³/mol. The topological polar surface area (TPSA) is 73.0 Å². The first-order chi connectivity index (χ1) is 15.4. The van der Waals surface area contributed by atoms with E-state index >= 15 is 0 Å². The van der Waals surface area contributed by atoms with E-state index in [1.54, 1.807) is 11.0 Å². The van der Waals surface area contributed by atoms with Crippen LogP contribution >= 0.6 is 0 Å². The number of benzene rings is 2. The Balaban J connectivity index is 1.31. The molecule has 32 heavy (non-hydrogen) atoms. The molecule has 1 N–H and O–H groups in total. The van der Waals surface area contributed by atoms with Crippen LogP contribution < -0.4 is 10.2 Å². The van der Waals surface area contributed by atoms with Crippen LogP contribution in [0.2, 0.25) is 0 Å². The van der Waals surface area contributed by atoms with Gasteiger partial charge in [0.05, 0.1) is 6.54 Å². The molecule has 168 valence electrons. The molecule has 0 bridgehead atoms. The maximum absolute atomic E-state index is 13.0. The molecule has 0 radical (unpaired) electrons. The molecule has 2 aliphatic heterocycles. The highest BCUT2D eigenvalue weighted by atomic mass is 16.2. The molecule has 0 aromatic heterocycles. The summed E-state index contributed by atoms with van der Waals surface area (Å²) in [6.07, 6.45) is 1.42. The van der Waals surface area contributed by atoms with Crippen LogP contribution in [0.3, 0.4) is 0 Å². The fraction of sp³-hybridized carbons (Fsp3) is 0.400. The van der Waals surface area contributed by atoms with Gasteiger partial charge in [-0.3, -0.25) is 19.3 Å². The normalized spacial score (nSPS) is 17.0. The maximum Gasteiger partial charge on any atom is 0.254 e. The van der Waals surface area contributed by atoms with E-state index in [4.69, 9.17) is 0 Å². The average Bonchev–Trinajstić information content (AvgIpc) is 3.22. The van der Waals surface area contributed by atoms with Gasteiger partial charge < -0.3 is 15.1 Å². The highest BCUT2D eigenvalue weighted by Crippen LogP contribution is 2.23. The number of nitrogens with zero attached hydrogens (tertiary/aromatic N) is 3. The summed E-state index contributed by atoms with van der Waals surface area (Å²) >= 11 is 0. The molecule has 2 aromatic carbocycles. The van der Waals surface area contributed by atoms with E-state index in [2.05, 4.69) is 10.2 Å². The van der Waals surface area contributed by atoms with E-state index in [0.717, 1.165) is 28.9 Å². The second kappa shape index (κ2) is 9.53. The lowest BCUT2D eigenvalue weighted by Gasteiger charge is -2.34. The first-order valence-electron chi connectivity index (χ1n) is 11.2. The Morgan fingerprint density at radius 1 is 0.938 bits per heavy atom. The monoisotopic (exact) mass is 434 g/mol. The zero-order valence-electron chi connectivity index (χ0n) is 18.8. The molecule has 2 aromatic rings. The number of piperazine rings is 1. The van der Waals surface area contributed by atoms with Crippen molar-refractivity contribution in [2.24, 2.45) is 0 Å². The molecule has 0 saturated carbocycles. The van der Waals surface area contributed by atoms with Gasteiger partial charge in [0.15, 0.2) is 0 Å². The van der Waals surface area contributed by atoms with E-state index in [9.17, 15) is 14.4 Å². The van der Waals surface area contributed by atoms with Gasteiger partial charge in [-0.05, 0) is 49.6 Å². The maximum atomic E-state index is 13.0. The third-order valence-corrected chi connectivity index (χ3v) is 6.25. The molecule has 4 rings (SSSR count). The molecule has 7 heteroatoms. The van der Waals surface area contributed by atoms with Gasteiger partial charge in [-0.2, -0.15) is 0 Å². The second-order valence-corrected chi connectivity index (χ2v) is 8.58. The predicted octanol–water partition coefficient (Wildman–Crippen LogP) is 2.83. The van der Waals surface area contributed by atoms with Crippen LogP contribution in [0.25, 0.3) is 0 Å². The van der Waals surface area contributed by atoms with E-state index < -0.39 is 0 Å². The molecule has 0 unspecified atom stereocenters. The van der Waals surface area contributed by atoms with Crippen LogP contribution in [0.4, 0.5) is 11.4 Å². The Hall–Kier alpha value is -3.19. The highest BCUT2D eigenvalue weighted by molar-refractivity contribution is 5.99. The van der Waals surface area contributed by atoms with Crippen molar-refractivity contribution in [2.75, 3.05) is 49.5 Å². The lowest BCUT2D eigenvalue weighted by Crippen LogP contribution is -2.50. The summed E-state index contributed by atoms with van der Waals surface area (Å²) < 4.78 is 0. The Labute approximate surface area is 189 Å². The molecule has 2 heterocycles. The fourth-order valence-electron chi connectivity index (χ4n) is 4.41. The number of amides is 3. The Bertz CT molecular complexity index is 1010. The molecular weight excluding hydrogens is 404 g/mol. The van der Waals surface area contributed by atoms with Crippen molar-refractivity contribution < 1.29 is 14.4 Å². The lowest BCUT2D eigenvalue weighted by atomic mass is 10.1. The quantitative estimate of drug-likeness (QED) is 0.786. The molecular formula is C25H30N4O3. The fourth-order valence-corrected chi connectivity index (χ4v) is 4.41. The van der Waals surface area contributed by atoms with Gasteiger partial charge in [-0.15, -0.1) is 0 Å². The van der Waals surface area contributed by atoms with Gasteiger partial charge in [0.25, 0.3) is 5.91 Å². The summed E-state index contributed by atoms with van der Waals surface area (Å²) in [4.78, 5) is 43.2. The van der Waals surface area contributed by atoms with Crippen LogP contribution in [0.1, 0.15) is 34.3 Å². The number of aryl methyl sites for hydroxylation is 2. The van der Waals surface area contributed by atoms with E-state index in [1.165, 1.54) is 0 Å². The number of hydrogen-bond acceptors (Lipinski definition) is 4. The minimum atomic E-state index is -0.0369. The third-order valence-electron chi connectivity index (χ3n) is 6.25. The number of hydrogen-bond donors (Lipinski definition) is 1. The zero-order chi connectivity index (χ0) is 22.7. The van der Waals surface area contributed by atoms with Gasteiger partial charge in [0.1, 0.15) is 0 Å². The number of nitrogens with one attached hydrogen (secondary N) is 1. The van der Waals surface area contributed by atoms with Crippen molar-refractivity contribution in [3.05, 3.63) is 59.2 Å². The summed E-state index contributed by atoms with van der Waals surface area (Å²) in [6, 6.07) is 13.3. The summed E-state index contributed by atoms with van der Waals surface area (Å²) in [7, 11) is 0. The second-order valence-electron chi connectivity index (χ2n) is 8.58. The standard InChI is InChI=1S/C25H30N4O3/c1-18-6-3-7-19(2)24(18)26-22(30)17-27-12-14-28(15-13-27)25(32)20-8-4-9-21(16-20)29-11-5-10-23(29)31/h3-4,6-9,16H,5,10-15,17H2,1-2H3,(H,26,30). The van der Waals surface area contributed by atoms with Crippen molar-refractivity contribution >= 4 is 29.1 Å². The Kier molecular flexibility index (Phi) is 6.55. The van der Waals surface area contributed by atoms with Gasteiger partial charge in [0, 0.05) is 56.1 Å². The van der Waals surface area contributed by atoms with Crippen molar-refractivity contribution in [1.29, 1.82) is 0 Å². The van der Waals surface area contributed by atoms with Crippen molar-refractivity contribution in [1.82, 2.24) is 9.80 Å². The summed E-state index contributed by atoms with van der Waals surface area (Å²) in [5, 5.41) is 3.03. The molecule has 0 atom stereocenters. The minimum Gasteiger partial charge on any atom is -0.336 e. The van der Waals surface area contributed by atoms with Gasteiger partial charge >= 0.3 is 0 Å². The number of para-hydroxylation sites is 1. The Morgan fingerprint density at radius 2 is 1.62 bits per heavy atom. The van der Waals surface area contributed by atoms with Crippen LogP contribution in [0.5, 0.6) is 0 Å². The van der Waals surface area contributed by atoms with Crippen LogP contribution in [0.15, 0.2) is 42.5 Å². The average molecular weight is 435 g/mol. The Morgan fingerprint density at radius 3 is 2.28 bits per heavy atom. The SMILES string of the molecule is Cc1cccc(C)c1NC(=O)CN1CCN(C(=O)c2cccc(N3CCCC3=O)c2)CC1. The molecule has 0 spiro atoms. The molecule has 2 aliphatic rings. The van der Waals surface area contributed by atoms with E-state index in [1.807, 2.05) is 55.1 Å². The summed E-state index contributed by atoms with van der Waals surface area (Å²) in [5.41, 5.74) is 4.37. The molecule has 0 aliphatic carbocycles. The first kappa shape index (κ1) is 22.0. The molecule has 2 fully saturated rings. The van der Waals surface area contributed by atoms with Crippen molar-refractivity contribution in [3.8, 4) is 0 Å². The summed E-state index contributed by atoms with van der Waals surface area (Å²) in [5.74, 6) is 0.0469. The number of carbonyl (C=O) groups excluding carboxylic acids is 3. The molecule has 3 amide bonds. The smallest absolute Gasteiger partial charge is 0.254 e.